The number of carboxylic acid groups (broad SMARTS) is 1. The minimum Gasteiger partial charge on any atom is -0.481 e. The topological polar surface area (TPSA) is 84.2 Å². The standard InChI is InChI=1S/C21H24FN3O3/c1-13-6-4-8-15(22)19(13)25-16-9-5-7-14(16)18(24-25)20(28)23-21(12-17(26)27)10-2-3-11-21/h4,6,8H,2-3,5,7,9-12H2,1H3,(H,23,28)(H,26,27). The van der Waals surface area contributed by atoms with Crippen molar-refractivity contribution in [2.24, 2.45) is 0 Å². The summed E-state index contributed by atoms with van der Waals surface area (Å²) >= 11 is 0. The van der Waals surface area contributed by atoms with E-state index in [0.717, 1.165) is 48.9 Å². The number of aromatic nitrogens is 2. The Morgan fingerprint density at radius 1 is 1.25 bits per heavy atom. The van der Waals surface area contributed by atoms with Gasteiger partial charge in [-0.25, -0.2) is 9.07 Å². The van der Waals surface area contributed by atoms with Crippen molar-refractivity contribution >= 4 is 11.9 Å². The molecule has 148 valence electrons. The fourth-order valence-corrected chi connectivity index (χ4v) is 4.68. The molecule has 0 spiro atoms. The molecular formula is C21H24FN3O3. The molecule has 2 aliphatic rings. The zero-order valence-electron chi connectivity index (χ0n) is 15.9. The van der Waals surface area contributed by atoms with Crippen LogP contribution >= 0.6 is 0 Å². The number of fused-ring (bicyclic) bond motifs is 1. The number of carboxylic acids is 1. The maximum atomic E-state index is 14.5. The molecule has 1 heterocycles. The van der Waals surface area contributed by atoms with Gasteiger partial charge in [-0.15, -0.1) is 0 Å². The normalized spacial score (nSPS) is 17.5. The van der Waals surface area contributed by atoms with Gasteiger partial charge in [-0.3, -0.25) is 9.59 Å². The third-order valence-corrected chi connectivity index (χ3v) is 5.97. The number of nitrogens with one attached hydrogen (secondary N) is 1. The van der Waals surface area contributed by atoms with Crippen molar-refractivity contribution in [3.05, 3.63) is 46.5 Å². The molecule has 7 heteroatoms. The van der Waals surface area contributed by atoms with Gasteiger partial charge in [0, 0.05) is 11.3 Å². The van der Waals surface area contributed by atoms with E-state index in [4.69, 9.17) is 0 Å². The number of hydrogen-bond acceptors (Lipinski definition) is 3. The lowest BCUT2D eigenvalue weighted by atomic mass is 9.93. The summed E-state index contributed by atoms with van der Waals surface area (Å²) < 4.78 is 16.1. The number of rotatable bonds is 5. The van der Waals surface area contributed by atoms with Crippen molar-refractivity contribution in [1.29, 1.82) is 0 Å². The first-order chi connectivity index (χ1) is 13.4. The summed E-state index contributed by atoms with van der Waals surface area (Å²) in [7, 11) is 0. The van der Waals surface area contributed by atoms with Gasteiger partial charge < -0.3 is 10.4 Å². The number of para-hydroxylation sites is 1. The average Bonchev–Trinajstić information content (AvgIpc) is 3.32. The lowest BCUT2D eigenvalue weighted by Gasteiger charge is -2.28. The van der Waals surface area contributed by atoms with Crippen molar-refractivity contribution in [3.8, 4) is 5.69 Å². The molecule has 0 saturated heterocycles. The van der Waals surface area contributed by atoms with Gasteiger partial charge in [-0.1, -0.05) is 25.0 Å². The summed E-state index contributed by atoms with van der Waals surface area (Å²) in [6.45, 7) is 1.82. The average molecular weight is 385 g/mol. The van der Waals surface area contributed by atoms with Crippen LogP contribution in [0.4, 0.5) is 4.39 Å². The maximum Gasteiger partial charge on any atom is 0.305 e. The predicted molar refractivity (Wildman–Crippen MR) is 101 cm³/mol. The van der Waals surface area contributed by atoms with Gasteiger partial charge in [-0.05, 0) is 50.7 Å². The molecule has 0 unspecified atom stereocenters. The summed E-state index contributed by atoms with van der Waals surface area (Å²) in [5.74, 6) is -1.64. The van der Waals surface area contributed by atoms with Crippen LogP contribution in [0.5, 0.6) is 0 Å². The van der Waals surface area contributed by atoms with E-state index in [1.807, 2.05) is 13.0 Å². The Morgan fingerprint density at radius 3 is 2.68 bits per heavy atom. The van der Waals surface area contributed by atoms with Gasteiger partial charge in [0.1, 0.15) is 11.5 Å². The molecular weight excluding hydrogens is 361 g/mol. The van der Waals surface area contributed by atoms with Gasteiger partial charge in [0.15, 0.2) is 5.69 Å². The quantitative estimate of drug-likeness (QED) is 0.827. The lowest BCUT2D eigenvalue weighted by molar-refractivity contribution is -0.138. The second-order valence-electron chi connectivity index (χ2n) is 7.96. The molecule has 2 aromatic rings. The van der Waals surface area contributed by atoms with Gasteiger partial charge in [0.05, 0.1) is 12.0 Å². The number of aliphatic carboxylic acids is 1. The number of carbonyl (C=O) groups is 2. The highest BCUT2D eigenvalue weighted by Gasteiger charge is 2.39. The molecule has 0 radical (unpaired) electrons. The van der Waals surface area contributed by atoms with Crippen LogP contribution in [-0.4, -0.2) is 32.3 Å². The number of halogens is 1. The highest BCUT2D eigenvalue weighted by atomic mass is 19.1. The molecule has 1 fully saturated rings. The van der Waals surface area contributed by atoms with Crippen LogP contribution in [0, 0.1) is 12.7 Å². The largest absolute Gasteiger partial charge is 0.481 e. The van der Waals surface area contributed by atoms with E-state index in [-0.39, 0.29) is 18.1 Å². The Hall–Kier alpha value is -2.70. The highest BCUT2D eigenvalue weighted by molar-refractivity contribution is 5.95. The molecule has 1 aromatic heterocycles. The molecule has 28 heavy (non-hydrogen) atoms. The van der Waals surface area contributed by atoms with E-state index < -0.39 is 11.5 Å². The summed E-state index contributed by atoms with van der Waals surface area (Å²) in [6.07, 6.45) is 5.36. The SMILES string of the molecule is Cc1cccc(F)c1-n1nc(C(=O)NC2(CC(=O)O)CCCC2)c2c1CCC2. The fraction of sp³-hybridized carbons (Fsp3) is 0.476. The van der Waals surface area contributed by atoms with Crippen molar-refractivity contribution in [1.82, 2.24) is 15.1 Å². The fourth-order valence-electron chi connectivity index (χ4n) is 4.68. The van der Waals surface area contributed by atoms with Crippen LogP contribution in [-0.2, 0) is 17.6 Å². The molecule has 2 N–H and O–H groups in total. The zero-order chi connectivity index (χ0) is 19.9. The molecule has 0 atom stereocenters. The van der Waals surface area contributed by atoms with Crippen LogP contribution in [0.25, 0.3) is 5.69 Å². The smallest absolute Gasteiger partial charge is 0.305 e. The third-order valence-electron chi connectivity index (χ3n) is 5.97. The Labute approximate surface area is 162 Å². The Kier molecular flexibility index (Phi) is 4.69. The summed E-state index contributed by atoms with van der Waals surface area (Å²) in [5.41, 5.74) is 2.43. The van der Waals surface area contributed by atoms with Crippen molar-refractivity contribution in [3.63, 3.8) is 0 Å². The number of benzene rings is 1. The van der Waals surface area contributed by atoms with E-state index in [9.17, 15) is 19.1 Å². The summed E-state index contributed by atoms with van der Waals surface area (Å²) in [4.78, 5) is 24.4. The van der Waals surface area contributed by atoms with Gasteiger partial charge in [-0.2, -0.15) is 5.10 Å². The van der Waals surface area contributed by atoms with E-state index in [2.05, 4.69) is 10.4 Å². The van der Waals surface area contributed by atoms with Crippen molar-refractivity contribution in [2.75, 3.05) is 0 Å². The molecule has 1 amide bonds. The van der Waals surface area contributed by atoms with Crippen LogP contribution in [0.15, 0.2) is 18.2 Å². The van der Waals surface area contributed by atoms with E-state index >= 15 is 0 Å². The predicted octanol–water partition coefficient (Wildman–Crippen LogP) is 3.33. The molecule has 1 saturated carbocycles. The monoisotopic (exact) mass is 385 g/mol. The molecule has 0 aliphatic heterocycles. The molecule has 0 bridgehead atoms. The summed E-state index contributed by atoms with van der Waals surface area (Å²) in [6, 6.07) is 4.87. The van der Waals surface area contributed by atoms with E-state index in [1.165, 1.54) is 6.07 Å². The maximum absolute atomic E-state index is 14.5. The minimum atomic E-state index is -0.917. The number of hydrogen-bond donors (Lipinski definition) is 2. The van der Waals surface area contributed by atoms with E-state index in [0.29, 0.717) is 24.2 Å². The Balaban J connectivity index is 1.71. The number of carbonyl (C=O) groups excluding carboxylic acids is 1. The Bertz CT molecular complexity index is 924. The van der Waals surface area contributed by atoms with E-state index in [1.54, 1.807) is 10.7 Å². The molecule has 6 nitrogen and oxygen atoms in total. The highest BCUT2D eigenvalue weighted by Crippen LogP contribution is 2.34. The van der Waals surface area contributed by atoms with Gasteiger partial charge in [0.2, 0.25) is 0 Å². The van der Waals surface area contributed by atoms with Gasteiger partial charge >= 0.3 is 5.97 Å². The first-order valence-electron chi connectivity index (χ1n) is 9.81. The molecule has 2 aliphatic carbocycles. The molecule has 1 aromatic carbocycles. The van der Waals surface area contributed by atoms with Crippen molar-refractivity contribution < 1.29 is 19.1 Å². The van der Waals surface area contributed by atoms with Crippen LogP contribution in [0.1, 0.15) is 65.8 Å². The van der Waals surface area contributed by atoms with Crippen LogP contribution in [0.2, 0.25) is 0 Å². The number of aryl methyl sites for hydroxylation is 1. The van der Waals surface area contributed by atoms with Crippen LogP contribution in [0.3, 0.4) is 0 Å². The lowest BCUT2D eigenvalue weighted by Crippen LogP contribution is -2.48. The number of nitrogens with zero attached hydrogens (tertiary/aromatic N) is 2. The number of amides is 1. The molecule has 4 rings (SSSR count). The third kappa shape index (κ3) is 3.19. The first-order valence-corrected chi connectivity index (χ1v) is 9.81. The second kappa shape index (κ2) is 7.04. The zero-order valence-corrected chi connectivity index (χ0v) is 15.9. The Morgan fingerprint density at radius 2 is 2.00 bits per heavy atom. The van der Waals surface area contributed by atoms with Crippen LogP contribution < -0.4 is 5.32 Å². The first kappa shape index (κ1) is 18.7. The summed E-state index contributed by atoms with van der Waals surface area (Å²) in [5, 5.41) is 16.7. The van der Waals surface area contributed by atoms with Gasteiger partial charge in [0.25, 0.3) is 5.91 Å². The minimum absolute atomic E-state index is 0.0892. The van der Waals surface area contributed by atoms with Crippen molar-refractivity contribution in [2.45, 2.75) is 63.8 Å². The second-order valence-corrected chi connectivity index (χ2v) is 7.96.